The van der Waals surface area contributed by atoms with Gasteiger partial charge in [-0.3, -0.25) is 24.1 Å². The molecule has 73 heavy (non-hydrogen) atoms. The van der Waals surface area contributed by atoms with Crippen LogP contribution in [0.25, 0.3) is 0 Å². The third-order valence-electron chi connectivity index (χ3n) is 15.3. The minimum atomic E-state index is -1.33. The monoisotopic (exact) mass is 987 g/mol. The lowest BCUT2D eigenvalue weighted by molar-refractivity contribution is -0.128. The van der Waals surface area contributed by atoms with Crippen molar-refractivity contribution in [1.29, 1.82) is 10.5 Å². The van der Waals surface area contributed by atoms with Crippen molar-refractivity contribution >= 4 is 47.1 Å². The lowest BCUT2D eigenvalue weighted by Gasteiger charge is -2.45. The van der Waals surface area contributed by atoms with Gasteiger partial charge in [-0.1, -0.05) is 55.7 Å². The Balaban J connectivity index is 0.919. The summed E-state index contributed by atoms with van der Waals surface area (Å²) in [6.07, 6.45) is 7.37. The lowest BCUT2D eigenvalue weighted by atomic mass is 9.78. The molecule has 4 fully saturated rings. The largest absolute Gasteiger partial charge is 0.352 e. The van der Waals surface area contributed by atoms with Gasteiger partial charge < -0.3 is 36.0 Å². The summed E-state index contributed by atoms with van der Waals surface area (Å²) in [7, 11) is 0. The molecule has 8 rings (SSSR count). The second kappa shape index (κ2) is 23.7. The molecule has 4 aliphatic rings. The van der Waals surface area contributed by atoms with Gasteiger partial charge in [0.25, 0.3) is 11.8 Å². The van der Waals surface area contributed by atoms with Gasteiger partial charge in [0.2, 0.25) is 11.8 Å². The van der Waals surface area contributed by atoms with Crippen LogP contribution in [0.5, 0.6) is 0 Å². The molecule has 1 saturated carbocycles. The molecule has 0 radical (unpaired) electrons. The number of rotatable bonds is 14. The van der Waals surface area contributed by atoms with Crippen molar-refractivity contribution in [2.24, 2.45) is 0 Å². The third kappa shape index (κ3) is 12.1. The minimum Gasteiger partial charge on any atom is -0.352 e. The molecule has 1 aliphatic carbocycles. The van der Waals surface area contributed by atoms with Crippen LogP contribution in [0.4, 0.5) is 21.0 Å². The van der Waals surface area contributed by atoms with Crippen LogP contribution in [0.15, 0.2) is 84.9 Å². The maximum atomic E-state index is 14.8. The van der Waals surface area contributed by atoms with Crippen molar-refractivity contribution < 1.29 is 28.8 Å². The predicted molar refractivity (Wildman–Crippen MR) is 278 cm³/mol. The summed E-state index contributed by atoms with van der Waals surface area (Å²) in [5.74, 6) is -0.0423. The van der Waals surface area contributed by atoms with E-state index in [9.17, 15) is 34.0 Å². The Morgan fingerprint density at radius 3 is 1.70 bits per heavy atom. The highest BCUT2D eigenvalue weighted by molar-refractivity contribution is 6.05. The van der Waals surface area contributed by atoms with E-state index in [1.807, 2.05) is 78.2 Å². The molecule has 8 amide bonds. The van der Waals surface area contributed by atoms with Crippen LogP contribution in [-0.4, -0.2) is 115 Å². The maximum Gasteiger partial charge on any atom is 0.322 e. The molecule has 3 aliphatic heterocycles. The molecule has 16 heteroatoms. The fraction of sp³-hybridized carbons (Fsp3) is 0.439. The van der Waals surface area contributed by atoms with Crippen LogP contribution in [0, 0.1) is 36.5 Å². The van der Waals surface area contributed by atoms with Crippen molar-refractivity contribution in [3.05, 3.63) is 129 Å². The van der Waals surface area contributed by atoms with Crippen LogP contribution in [0.1, 0.15) is 137 Å². The highest BCUT2D eigenvalue weighted by Crippen LogP contribution is 2.40. The van der Waals surface area contributed by atoms with Gasteiger partial charge in [0.1, 0.15) is 5.54 Å². The molecular weight excluding hydrogens is 921 g/mol. The number of likely N-dealkylation sites (tertiary alicyclic amines) is 3. The number of nitrogens with one attached hydrogen (secondary N) is 4. The number of nitrogens with zero attached hydrogens (tertiary/aromatic N) is 6. The highest BCUT2D eigenvalue weighted by Gasteiger charge is 2.48. The zero-order chi connectivity index (χ0) is 51.5. The molecule has 3 saturated heterocycles. The molecule has 0 atom stereocenters. The number of benzene rings is 4. The Bertz CT molecular complexity index is 2760. The summed E-state index contributed by atoms with van der Waals surface area (Å²) in [6, 6.07) is 29.1. The van der Waals surface area contributed by atoms with Crippen LogP contribution in [-0.2, 0) is 9.59 Å². The number of amides is 8. The fourth-order valence-corrected chi connectivity index (χ4v) is 11.0. The second-order valence-corrected chi connectivity index (χ2v) is 19.9. The summed E-state index contributed by atoms with van der Waals surface area (Å²) in [4.78, 5) is 90.2. The first kappa shape index (κ1) is 51.6. The zero-order valence-corrected chi connectivity index (χ0v) is 42.0. The predicted octanol–water partition coefficient (Wildman–Crippen LogP) is 7.87. The van der Waals surface area contributed by atoms with Gasteiger partial charge >= 0.3 is 12.1 Å². The van der Waals surface area contributed by atoms with E-state index in [0.29, 0.717) is 116 Å². The van der Waals surface area contributed by atoms with Crippen molar-refractivity contribution in [2.45, 2.75) is 102 Å². The Labute approximate surface area is 428 Å². The van der Waals surface area contributed by atoms with E-state index < -0.39 is 17.6 Å². The Morgan fingerprint density at radius 1 is 0.630 bits per heavy atom. The molecule has 3 heterocycles. The summed E-state index contributed by atoms with van der Waals surface area (Å²) in [6.45, 7) is 7.24. The molecule has 0 spiro atoms. The summed E-state index contributed by atoms with van der Waals surface area (Å²) < 4.78 is 0. The molecule has 4 aromatic carbocycles. The summed E-state index contributed by atoms with van der Waals surface area (Å²) in [5.41, 5.74) is 5.50. The normalized spacial score (nSPS) is 17.0. The van der Waals surface area contributed by atoms with E-state index in [1.54, 1.807) is 40.1 Å². The molecule has 16 nitrogen and oxygen atoms in total. The first-order valence-corrected chi connectivity index (χ1v) is 25.9. The quantitative estimate of drug-likeness (QED) is 0.0912. The molecule has 0 unspecified atom stereocenters. The number of hydrogen-bond donors (Lipinski definition) is 4. The molecule has 0 bridgehead atoms. The molecule has 0 aromatic heterocycles. The number of carbonyl (C=O) groups is 6. The van der Waals surface area contributed by atoms with Crippen LogP contribution in [0.3, 0.4) is 0 Å². The van der Waals surface area contributed by atoms with E-state index in [4.69, 9.17) is 5.26 Å². The van der Waals surface area contributed by atoms with Gasteiger partial charge in [-0.15, -0.1) is 0 Å². The standard InChI is InChI=1S/C57H66N10O6/c1-39-8-14-47(52(69)65-30-20-45(21-31-65)43-16-10-41(37-58)11-17-43)35-49(39)63-55(72)61-27-26-60-54(71)57(24-4-3-5-25-57)67(56(73)62-28-34-64-29-6-7-51(64)68)50-36-48(15-9-40(50)2)53(70)66-32-22-46(23-33-66)44-18-12-42(38-59)13-19-44/h8-19,35-36,45-46H,3-7,20-34H2,1-2H3,(H,60,71)(H,62,73)(H2,61,63,72). The number of nitriles is 2. The smallest absolute Gasteiger partial charge is 0.322 e. The molecular formula is C57H66N10O6. The first-order chi connectivity index (χ1) is 35.4. The number of urea groups is 2. The summed E-state index contributed by atoms with van der Waals surface area (Å²) >= 11 is 0. The van der Waals surface area contributed by atoms with Gasteiger partial charge in [-0.05, 0) is 141 Å². The third-order valence-corrected chi connectivity index (χ3v) is 15.3. The molecule has 4 N–H and O–H groups in total. The maximum absolute atomic E-state index is 14.8. The van der Waals surface area contributed by atoms with Crippen molar-refractivity contribution in [3.63, 3.8) is 0 Å². The second-order valence-electron chi connectivity index (χ2n) is 19.9. The van der Waals surface area contributed by atoms with E-state index in [1.165, 1.54) is 0 Å². The number of anilines is 2. The lowest BCUT2D eigenvalue weighted by Crippen LogP contribution is -2.64. The first-order valence-electron chi connectivity index (χ1n) is 25.9. The van der Waals surface area contributed by atoms with Crippen LogP contribution >= 0.6 is 0 Å². The zero-order valence-electron chi connectivity index (χ0n) is 42.0. The average molecular weight is 987 g/mol. The number of hydrogen-bond acceptors (Lipinski definition) is 8. The van der Waals surface area contributed by atoms with E-state index in [-0.39, 0.29) is 49.2 Å². The van der Waals surface area contributed by atoms with Crippen LogP contribution < -0.4 is 26.2 Å². The van der Waals surface area contributed by atoms with E-state index in [2.05, 4.69) is 33.4 Å². The Morgan fingerprint density at radius 2 is 1.16 bits per heavy atom. The SMILES string of the molecule is Cc1ccc(C(=O)N2CCC(c3ccc(C#N)cc3)CC2)cc1NC(=O)NCCNC(=O)C1(N(C(=O)NCCN2CCCC2=O)c2cc(C(=O)N3CCC(c4ccc(C#N)cc4)CC3)ccc2C)CCCCC1. The van der Waals surface area contributed by atoms with Gasteiger partial charge in [0.05, 0.1) is 29.0 Å². The molecule has 4 aromatic rings. The van der Waals surface area contributed by atoms with Gasteiger partial charge in [0.15, 0.2) is 0 Å². The molecule has 380 valence electrons. The van der Waals surface area contributed by atoms with Crippen molar-refractivity contribution in [2.75, 3.05) is 69.1 Å². The van der Waals surface area contributed by atoms with Crippen molar-refractivity contribution in [3.8, 4) is 12.1 Å². The number of carbonyl (C=O) groups excluding carboxylic acids is 6. The van der Waals surface area contributed by atoms with Gasteiger partial charge in [0, 0.05) is 82.1 Å². The van der Waals surface area contributed by atoms with Gasteiger partial charge in [-0.2, -0.15) is 10.5 Å². The number of aryl methyl sites for hydroxylation is 2. The minimum absolute atomic E-state index is 0.0440. The van der Waals surface area contributed by atoms with E-state index >= 15 is 0 Å². The topological polar surface area (TPSA) is 211 Å². The van der Waals surface area contributed by atoms with Crippen molar-refractivity contribution in [1.82, 2.24) is 30.7 Å². The van der Waals surface area contributed by atoms with Gasteiger partial charge in [-0.25, -0.2) is 9.59 Å². The summed E-state index contributed by atoms with van der Waals surface area (Å²) in [5, 5.41) is 30.2. The number of piperidine rings is 2. The van der Waals surface area contributed by atoms with Crippen LogP contribution in [0.2, 0.25) is 0 Å². The fourth-order valence-electron chi connectivity index (χ4n) is 11.0. The average Bonchev–Trinajstić information content (AvgIpc) is 3.84. The Kier molecular flexibility index (Phi) is 16.7. The van der Waals surface area contributed by atoms with E-state index in [0.717, 1.165) is 55.2 Å². The highest BCUT2D eigenvalue weighted by atomic mass is 16.2. The Hall–Kier alpha value is -7.72.